The molecule has 0 bridgehead atoms. The van der Waals surface area contributed by atoms with E-state index in [4.69, 9.17) is 16.7 Å². The lowest BCUT2D eigenvalue weighted by molar-refractivity contribution is -0.139. The summed E-state index contributed by atoms with van der Waals surface area (Å²) >= 11 is 5.71. The molecular weight excluding hydrogens is 591 g/mol. The highest BCUT2D eigenvalue weighted by molar-refractivity contribution is 6.30. The molecule has 0 fully saturated rings. The molecule has 0 spiro atoms. The molecule has 4 aromatic rings. The number of hydrazone groups is 1. The van der Waals surface area contributed by atoms with Crippen molar-refractivity contribution >= 4 is 35.3 Å². The van der Waals surface area contributed by atoms with E-state index in [0.717, 1.165) is 34.4 Å². The van der Waals surface area contributed by atoms with Gasteiger partial charge in [-0.25, -0.2) is 5.01 Å². The molecule has 0 radical (unpaired) electrons. The van der Waals surface area contributed by atoms with Gasteiger partial charge in [-0.05, 0) is 66.6 Å². The van der Waals surface area contributed by atoms with Crippen molar-refractivity contribution in [1.82, 2.24) is 5.32 Å². The molecule has 44 heavy (non-hydrogen) atoms. The standard InChI is InChI=1S/C24H15F3N2O.C10H12ClNO2/c25-24(26,27)20-10-12-21(13-11-20)29-22(16-30)14-15-23(28-29)19-8-6-18(7-9-19)17-4-2-1-3-5-17;1-12-9(10(13)14)6-7-2-4-8(11)5-3-7/h1-13,15-16H;2-5,9,12H,6H2,1H3,(H,13,14). The van der Waals surface area contributed by atoms with Gasteiger partial charge in [0.05, 0.1) is 17.0 Å². The number of aliphatic carboxylic acids is 1. The molecule has 1 heterocycles. The second kappa shape index (κ2) is 14.5. The van der Waals surface area contributed by atoms with Crippen LogP contribution in [0.3, 0.4) is 0 Å². The van der Waals surface area contributed by atoms with Crippen LogP contribution < -0.4 is 10.3 Å². The molecule has 0 amide bonds. The first kappa shape index (κ1) is 32.0. The minimum Gasteiger partial charge on any atom is -0.480 e. The third-order valence-electron chi connectivity index (χ3n) is 6.63. The van der Waals surface area contributed by atoms with E-state index in [0.29, 0.717) is 29.1 Å². The summed E-state index contributed by atoms with van der Waals surface area (Å²) in [6.45, 7) is 0. The molecule has 4 aromatic carbocycles. The van der Waals surface area contributed by atoms with Crippen molar-refractivity contribution in [2.24, 2.45) is 5.10 Å². The van der Waals surface area contributed by atoms with Gasteiger partial charge in [-0.1, -0.05) is 84.1 Å². The van der Waals surface area contributed by atoms with E-state index in [2.05, 4.69) is 16.1 Å². The van der Waals surface area contributed by atoms with Crippen LogP contribution in [0, 0.1) is 0 Å². The first-order valence-corrected chi connectivity index (χ1v) is 13.7. The molecule has 224 valence electrons. The average Bonchev–Trinajstić information content (AvgIpc) is 3.04. The van der Waals surface area contributed by atoms with E-state index in [9.17, 15) is 22.8 Å². The van der Waals surface area contributed by atoms with Crippen molar-refractivity contribution in [3.63, 3.8) is 0 Å². The van der Waals surface area contributed by atoms with Crippen LogP contribution in [0.25, 0.3) is 11.1 Å². The maximum atomic E-state index is 12.8. The molecule has 1 atom stereocenters. The lowest BCUT2D eigenvalue weighted by Crippen LogP contribution is -2.35. The van der Waals surface area contributed by atoms with Crippen LogP contribution in [-0.4, -0.2) is 36.2 Å². The Labute approximate surface area is 257 Å². The molecule has 5 rings (SSSR count). The summed E-state index contributed by atoms with van der Waals surface area (Å²) in [6, 6.07) is 28.7. The second-order valence-corrected chi connectivity index (χ2v) is 10.0. The summed E-state index contributed by atoms with van der Waals surface area (Å²) in [5.41, 5.74) is 6.95. The zero-order valence-electron chi connectivity index (χ0n) is 23.4. The second-order valence-electron chi connectivity index (χ2n) is 9.59. The molecule has 6 nitrogen and oxygen atoms in total. The maximum absolute atomic E-state index is 12.8. The monoisotopic (exact) mass is 617 g/mol. The minimum absolute atomic E-state index is 0.111. The number of carbonyl (C=O) groups excluding carboxylic acids is 1. The van der Waals surface area contributed by atoms with Gasteiger partial charge in [0.1, 0.15) is 11.7 Å². The topological polar surface area (TPSA) is 82.0 Å². The molecule has 1 aliphatic heterocycles. The zero-order valence-corrected chi connectivity index (χ0v) is 24.2. The molecular formula is C34H27ClF3N3O3. The van der Waals surface area contributed by atoms with E-state index in [1.54, 1.807) is 25.3 Å². The number of benzene rings is 4. The van der Waals surface area contributed by atoms with Crippen molar-refractivity contribution in [2.45, 2.75) is 18.6 Å². The summed E-state index contributed by atoms with van der Waals surface area (Å²) in [4.78, 5) is 22.1. The van der Waals surface area contributed by atoms with E-state index >= 15 is 0 Å². The quantitative estimate of drug-likeness (QED) is 0.159. The van der Waals surface area contributed by atoms with Gasteiger partial charge in [0.25, 0.3) is 0 Å². The smallest absolute Gasteiger partial charge is 0.416 e. The first-order valence-electron chi connectivity index (χ1n) is 13.4. The average molecular weight is 618 g/mol. The van der Waals surface area contributed by atoms with Crippen molar-refractivity contribution in [3.05, 3.63) is 142 Å². The number of hydrogen-bond acceptors (Lipinski definition) is 5. The van der Waals surface area contributed by atoms with Gasteiger partial charge in [0.2, 0.25) is 0 Å². The Morgan fingerprint density at radius 1 is 0.932 bits per heavy atom. The summed E-state index contributed by atoms with van der Waals surface area (Å²) in [7, 11) is 1.63. The van der Waals surface area contributed by atoms with Crippen LogP contribution in [0.5, 0.6) is 0 Å². The number of anilines is 1. The maximum Gasteiger partial charge on any atom is 0.416 e. The molecule has 0 saturated heterocycles. The van der Waals surface area contributed by atoms with Gasteiger partial charge in [-0.2, -0.15) is 18.3 Å². The number of alkyl halides is 3. The van der Waals surface area contributed by atoms with Crippen LogP contribution >= 0.6 is 11.6 Å². The van der Waals surface area contributed by atoms with Crippen LogP contribution in [0.1, 0.15) is 16.7 Å². The number of likely N-dealkylation sites (N-methyl/N-ethyl adjacent to an activating group) is 1. The fourth-order valence-corrected chi connectivity index (χ4v) is 4.37. The van der Waals surface area contributed by atoms with Crippen molar-refractivity contribution < 1.29 is 27.9 Å². The molecule has 0 aromatic heterocycles. The third kappa shape index (κ3) is 8.33. The van der Waals surface area contributed by atoms with Gasteiger partial charge < -0.3 is 10.4 Å². The number of rotatable bonds is 8. The van der Waals surface area contributed by atoms with Gasteiger partial charge >= 0.3 is 12.1 Å². The predicted octanol–water partition coefficient (Wildman–Crippen LogP) is 7.39. The van der Waals surface area contributed by atoms with E-state index in [1.807, 2.05) is 66.7 Å². The van der Waals surface area contributed by atoms with Crippen molar-refractivity contribution in [1.29, 1.82) is 0 Å². The number of nitrogens with one attached hydrogen (secondary N) is 1. The Bertz CT molecular complexity index is 1680. The minimum atomic E-state index is -4.43. The molecule has 1 aliphatic rings. The summed E-state index contributed by atoms with van der Waals surface area (Å²) < 4.78 is 38.5. The Hall–Kier alpha value is -4.95. The summed E-state index contributed by atoms with van der Waals surface area (Å²) in [5.74, 6) is -0.845. The van der Waals surface area contributed by atoms with E-state index < -0.39 is 23.8 Å². The third-order valence-corrected chi connectivity index (χ3v) is 6.88. The highest BCUT2D eigenvalue weighted by Gasteiger charge is 2.30. The van der Waals surface area contributed by atoms with Crippen LogP contribution in [0.2, 0.25) is 5.02 Å². The van der Waals surface area contributed by atoms with Gasteiger partial charge in [-0.15, -0.1) is 0 Å². The normalized spacial score (nSPS) is 13.2. The number of nitrogens with zero attached hydrogens (tertiary/aromatic N) is 2. The van der Waals surface area contributed by atoms with E-state index in [1.165, 1.54) is 17.1 Å². The number of aldehydes is 1. The number of carbonyl (C=O) groups is 2. The van der Waals surface area contributed by atoms with Crippen LogP contribution in [0.4, 0.5) is 18.9 Å². The molecule has 0 aliphatic carbocycles. The van der Waals surface area contributed by atoms with Gasteiger partial charge in [0.15, 0.2) is 6.29 Å². The van der Waals surface area contributed by atoms with Gasteiger partial charge in [-0.3, -0.25) is 9.59 Å². The van der Waals surface area contributed by atoms with Gasteiger partial charge in [0, 0.05) is 16.7 Å². The fourth-order valence-electron chi connectivity index (χ4n) is 4.24. The Kier molecular flexibility index (Phi) is 10.5. The molecule has 0 saturated carbocycles. The molecule has 10 heteroatoms. The fraction of sp³-hybridized carbons (Fsp3) is 0.118. The summed E-state index contributed by atoms with van der Waals surface area (Å²) in [5, 5.41) is 17.9. The Balaban J connectivity index is 0.000000265. The lowest BCUT2D eigenvalue weighted by Gasteiger charge is -2.21. The Morgan fingerprint density at radius 2 is 1.52 bits per heavy atom. The van der Waals surface area contributed by atoms with Crippen molar-refractivity contribution in [3.8, 4) is 11.1 Å². The lowest BCUT2D eigenvalue weighted by atomic mass is 10.0. The number of halogens is 4. The Morgan fingerprint density at radius 3 is 2.07 bits per heavy atom. The zero-order chi connectivity index (χ0) is 31.7. The molecule has 1 unspecified atom stereocenters. The predicted molar refractivity (Wildman–Crippen MR) is 166 cm³/mol. The van der Waals surface area contributed by atoms with Crippen LogP contribution in [0.15, 0.2) is 126 Å². The SMILES string of the molecule is CNC(Cc1ccc(Cl)cc1)C(=O)O.O=CC1=C=CC(c2ccc(-c3ccccc3)cc2)=NN1c1ccc(C(F)(F)F)cc1. The first-order chi connectivity index (χ1) is 21.1. The number of carboxylic acid groups (broad SMARTS) is 1. The summed E-state index contributed by atoms with van der Waals surface area (Å²) in [6.07, 6.45) is -1.82. The van der Waals surface area contributed by atoms with E-state index in [-0.39, 0.29) is 5.70 Å². The molecule has 2 N–H and O–H groups in total. The number of allylic oxidation sites excluding steroid dienone is 1. The van der Waals surface area contributed by atoms with Crippen molar-refractivity contribution in [2.75, 3.05) is 12.1 Å². The highest BCUT2D eigenvalue weighted by atomic mass is 35.5. The number of carboxylic acids is 1. The van der Waals surface area contributed by atoms with Crippen LogP contribution in [-0.2, 0) is 22.2 Å². The number of hydrogen-bond donors (Lipinski definition) is 2. The largest absolute Gasteiger partial charge is 0.480 e. The highest BCUT2D eigenvalue weighted by Crippen LogP contribution is 2.31.